The predicted molar refractivity (Wildman–Crippen MR) is 186 cm³/mol. The Labute approximate surface area is 289 Å². The number of nitrogens with one attached hydrogen (secondary N) is 1. The number of carbonyl (C=O) groups is 3. The number of carbonyl (C=O) groups excluding carboxylic acids is 3. The lowest BCUT2D eigenvalue weighted by Gasteiger charge is -2.51. The molecule has 2 N–H and O–H groups in total. The molecule has 0 saturated heterocycles. The minimum Gasteiger partial charge on any atom is -0.448 e. The van der Waals surface area contributed by atoms with Crippen LogP contribution in [-0.2, 0) is 25.5 Å². The summed E-state index contributed by atoms with van der Waals surface area (Å²) in [4.78, 5) is 39.1. The largest absolute Gasteiger partial charge is 0.448 e. The second-order valence-corrected chi connectivity index (χ2v) is 15.7. The van der Waals surface area contributed by atoms with Crippen LogP contribution in [-0.4, -0.2) is 81.9 Å². The molecule has 6 atom stereocenters. The normalized spacial score (nSPS) is 30.5. The van der Waals surface area contributed by atoms with Crippen molar-refractivity contribution in [1.82, 2.24) is 15.1 Å². The third-order valence-corrected chi connectivity index (χ3v) is 12.5. The lowest BCUT2D eigenvalue weighted by Crippen LogP contribution is -2.58. The van der Waals surface area contributed by atoms with Gasteiger partial charge < -0.3 is 19.9 Å². The molecule has 1 heterocycles. The van der Waals surface area contributed by atoms with Gasteiger partial charge in [-0.2, -0.15) is 16.9 Å². The number of fused-ring (bicyclic) bond motifs is 5. The molecule has 6 rings (SSSR count). The van der Waals surface area contributed by atoms with Gasteiger partial charge in [0.05, 0.1) is 23.7 Å². The van der Waals surface area contributed by atoms with Crippen LogP contribution in [0.4, 0.5) is 4.39 Å². The van der Waals surface area contributed by atoms with Crippen LogP contribution in [0, 0.1) is 22.7 Å². The number of hydrogen-bond acceptors (Lipinski definition) is 9. The molecule has 1 aromatic carbocycles. The Morgan fingerprint density at radius 2 is 2.04 bits per heavy atom. The third-order valence-electron chi connectivity index (χ3n) is 11.2. The minimum atomic E-state index is -1.54. The predicted octanol–water partition coefficient (Wildman–Crippen LogP) is 5.54. The number of hydrogen-bond donors (Lipinski definition) is 2. The number of allylic oxidation sites excluding steroid dienone is 2. The molecule has 0 spiro atoms. The maximum absolute atomic E-state index is 13.6. The highest BCUT2D eigenvalue weighted by atomic mass is 32.2. The average Bonchev–Trinajstić information content (AvgIpc) is 3.53. The number of thioether (sulfide) groups is 2. The molecule has 0 radical (unpaired) electrons. The monoisotopic (exact) mass is 697 g/mol. The first-order valence-corrected chi connectivity index (χ1v) is 18.9. The topological polar surface area (TPSA) is 120 Å². The van der Waals surface area contributed by atoms with Crippen LogP contribution in [0.25, 0.3) is 11.8 Å². The zero-order valence-corrected chi connectivity index (χ0v) is 29.6. The maximum Gasteiger partial charge on any atom is 0.333 e. The standard InChI is InChI=1S/C36H44FN3O6S2/c1-34-16-23-19-39-40(25-7-5-6-22(14-25)32(43)38-12-13-47-4)29(23)15-24(34)8-9-26-27(17-34)30(41)18-35(2)28(26)10-11-36(35,33(44)48-21-37)46-31(42)20-45-3/h5-7,14-15,17,19,26,28,30,41H,8-13,16,18,20-21H2,1-4H3,(H,38,43)/t26-,28?,30?,34-,35+,36+/m1/s1. The summed E-state index contributed by atoms with van der Waals surface area (Å²) in [5.74, 6) is -0.0119. The smallest absolute Gasteiger partial charge is 0.333 e. The van der Waals surface area contributed by atoms with Crippen molar-refractivity contribution in [3.05, 3.63) is 64.5 Å². The van der Waals surface area contributed by atoms with Crippen LogP contribution in [0.1, 0.15) is 67.6 Å². The molecule has 0 aliphatic heterocycles. The van der Waals surface area contributed by atoms with Gasteiger partial charge in [-0.3, -0.25) is 9.59 Å². The average molecular weight is 698 g/mol. The number of aliphatic hydroxyl groups excluding tert-OH is 1. The number of amides is 1. The van der Waals surface area contributed by atoms with E-state index in [0.29, 0.717) is 36.7 Å². The van der Waals surface area contributed by atoms with Gasteiger partial charge in [-0.05, 0) is 104 Å². The van der Waals surface area contributed by atoms with Crippen LogP contribution in [0.15, 0.2) is 47.7 Å². The van der Waals surface area contributed by atoms with E-state index >= 15 is 0 Å². The lowest BCUT2D eigenvalue weighted by molar-refractivity contribution is -0.186. The van der Waals surface area contributed by atoms with Crippen molar-refractivity contribution in [2.75, 3.05) is 38.3 Å². The van der Waals surface area contributed by atoms with E-state index in [1.165, 1.54) is 12.7 Å². The first-order chi connectivity index (χ1) is 23.0. The number of methoxy groups -OCH3 is 1. The number of aliphatic hydroxyl groups is 1. The molecule has 4 aliphatic rings. The highest BCUT2D eigenvalue weighted by Gasteiger charge is 2.68. The number of esters is 1. The molecule has 9 nitrogen and oxygen atoms in total. The van der Waals surface area contributed by atoms with E-state index in [4.69, 9.17) is 14.6 Å². The van der Waals surface area contributed by atoms with E-state index in [0.717, 1.165) is 41.1 Å². The molecular formula is C36H44FN3O6S2. The Hall–Kier alpha value is -2.93. The molecule has 0 bridgehead atoms. The van der Waals surface area contributed by atoms with Crippen LogP contribution >= 0.6 is 23.5 Å². The molecule has 2 unspecified atom stereocenters. The molecular weight excluding hydrogens is 654 g/mol. The van der Waals surface area contributed by atoms with E-state index < -0.39 is 34.2 Å². The second-order valence-electron chi connectivity index (χ2n) is 13.9. The first-order valence-electron chi connectivity index (χ1n) is 16.5. The Morgan fingerprint density at radius 1 is 1.23 bits per heavy atom. The van der Waals surface area contributed by atoms with Crippen LogP contribution < -0.4 is 5.32 Å². The van der Waals surface area contributed by atoms with Gasteiger partial charge in [-0.25, -0.2) is 13.9 Å². The summed E-state index contributed by atoms with van der Waals surface area (Å²) >= 11 is 2.21. The highest BCUT2D eigenvalue weighted by molar-refractivity contribution is 8.13. The molecule has 48 heavy (non-hydrogen) atoms. The van der Waals surface area contributed by atoms with E-state index in [9.17, 15) is 23.9 Å². The van der Waals surface area contributed by atoms with Crippen molar-refractivity contribution >= 4 is 46.6 Å². The van der Waals surface area contributed by atoms with Gasteiger partial charge in [0.2, 0.25) is 5.12 Å². The van der Waals surface area contributed by atoms with Gasteiger partial charge >= 0.3 is 5.97 Å². The molecule has 2 fully saturated rings. The highest BCUT2D eigenvalue weighted by Crippen LogP contribution is 2.65. The van der Waals surface area contributed by atoms with Gasteiger partial charge in [-0.15, -0.1) is 0 Å². The van der Waals surface area contributed by atoms with E-state index in [2.05, 4.69) is 24.4 Å². The van der Waals surface area contributed by atoms with Gasteiger partial charge in [0.1, 0.15) is 12.6 Å². The number of alkyl halides is 1. The van der Waals surface area contributed by atoms with Crippen LogP contribution in [0.2, 0.25) is 0 Å². The zero-order valence-electron chi connectivity index (χ0n) is 27.9. The number of nitrogens with zero attached hydrogens (tertiary/aromatic N) is 2. The number of halogens is 1. The Bertz CT molecular complexity index is 1660. The lowest BCUT2D eigenvalue weighted by atomic mass is 9.56. The molecule has 1 amide bonds. The summed E-state index contributed by atoms with van der Waals surface area (Å²) in [7, 11) is 1.38. The first kappa shape index (κ1) is 34.9. The number of ether oxygens (including phenoxy) is 2. The summed E-state index contributed by atoms with van der Waals surface area (Å²) < 4.78 is 26.4. The SMILES string of the molecule is COCC(=O)O[C@]1(C(=O)SCF)CCC2[C@@H]3CCC4=Cc5c(cnn5-c5cccc(C(=O)NCCSC)c5)C[C@]4(C)C=C3C(O)C[C@@]21C. The van der Waals surface area contributed by atoms with Gasteiger partial charge in [0.25, 0.3) is 5.91 Å². The molecule has 12 heteroatoms. The minimum absolute atomic E-state index is 0.0332. The maximum atomic E-state index is 13.6. The van der Waals surface area contributed by atoms with Gasteiger partial charge in [0, 0.05) is 35.8 Å². The second kappa shape index (κ2) is 13.8. The number of rotatable bonds is 10. The number of aromatic nitrogens is 2. The Morgan fingerprint density at radius 3 is 2.79 bits per heavy atom. The molecule has 2 saturated carbocycles. The van der Waals surface area contributed by atoms with Crippen molar-refractivity contribution in [2.24, 2.45) is 22.7 Å². The van der Waals surface area contributed by atoms with E-state index in [1.807, 2.05) is 48.3 Å². The van der Waals surface area contributed by atoms with Crippen molar-refractivity contribution in [1.29, 1.82) is 0 Å². The quantitative estimate of drug-likeness (QED) is 0.187. The molecule has 4 aliphatic carbocycles. The third kappa shape index (κ3) is 5.96. The van der Waals surface area contributed by atoms with Crippen LogP contribution in [0.5, 0.6) is 0 Å². The van der Waals surface area contributed by atoms with Crippen molar-refractivity contribution in [3.8, 4) is 5.69 Å². The fourth-order valence-electron chi connectivity index (χ4n) is 8.90. The summed E-state index contributed by atoms with van der Waals surface area (Å²) in [6, 6.07) is 6.58. The van der Waals surface area contributed by atoms with Crippen molar-refractivity contribution in [3.63, 3.8) is 0 Å². The van der Waals surface area contributed by atoms with Gasteiger partial charge in [0.15, 0.2) is 5.60 Å². The molecule has 1 aromatic heterocycles. The van der Waals surface area contributed by atoms with E-state index in [1.54, 1.807) is 11.8 Å². The van der Waals surface area contributed by atoms with E-state index in [-0.39, 0.29) is 42.6 Å². The fourth-order valence-corrected chi connectivity index (χ4v) is 9.92. The molecule has 2 aromatic rings. The Balaban J connectivity index is 1.31. The summed E-state index contributed by atoms with van der Waals surface area (Å²) in [5.41, 5.74) is 2.89. The van der Waals surface area contributed by atoms with Crippen molar-refractivity contribution in [2.45, 2.75) is 64.1 Å². The summed E-state index contributed by atoms with van der Waals surface area (Å²) in [5, 5.41) is 19.0. The number of benzene rings is 1. The zero-order chi connectivity index (χ0) is 34.3. The fraction of sp³-hybridized carbons (Fsp3) is 0.556. The summed E-state index contributed by atoms with van der Waals surface area (Å²) in [6.07, 6.45) is 10.9. The summed E-state index contributed by atoms with van der Waals surface area (Å²) in [6.45, 7) is 4.43. The van der Waals surface area contributed by atoms with Gasteiger partial charge in [-0.1, -0.05) is 31.6 Å². The molecule has 258 valence electrons. The Kier molecular flexibility index (Phi) is 10.0. The van der Waals surface area contributed by atoms with Crippen molar-refractivity contribution < 1.29 is 33.4 Å². The van der Waals surface area contributed by atoms with Crippen LogP contribution in [0.3, 0.4) is 0 Å².